The number of carbonyl (C=O) groups is 1. The van der Waals surface area contributed by atoms with Crippen LogP contribution in [0.25, 0.3) is 0 Å². The Bertz CT molecular complexity index is 520. The topological polar surface area (TPSA) is 47.6 Å². The Morgan fingerprint density at radius 3 is 2.76 bits per heavy atom. The Morgan fingerprint density at radius 1 is 1.19 bits per heavy atom. The summed E-state index contributed by atoms with van der Waals surface area (Å²) in [4.78, 5) is 12.8. The molecule has 1 fully saturated rings. The minimum absolute atomic E-state index is 0.0442. The summed E-state index contributed by atoms with van der Waals surface area (Å²) in [6, 6.07) is 5.35. The van der Waals surface area contributed by atoms with E-state index in [1.54, 1.807) is 18.2 Å². The predicted molar refractivity (Wildman–Crippen MR) is 84.4 cm³/mol. The van der Waals surface area contributed by atoms with Gasteiger partial charge in [0.1, 0.15) is 13.2 Å². The number of halogens is 1. The van der Waals surface area contributed by atoms with Gasteiger partial charge in [-0.15, -0.1) is 0 Å². The van der Waals surface area contributed by atoms with E-state index in [-0.39, 0.29) is 5.91 Å². The number of carbonyl (C=O) groups excluding carboxylic acids is 1. The first-order valence-corrected chi connectivity index (χ1v) is 8.47. The van der Waals surface area contributed by atoms with E-state index in [1.807, 2.05) is 0 Å². The van der Waals surface area contributed by atoms with Crippen LogP contribution in [0.3, 0.4) is 0 Å². The molecule has 2 atom stereocenters. The van der Waals surface area contributed by atoms with Gasteiger partial charge in [-0.2, -0.15) is 0 Å². The lowest BCUT2D eigenvalue weighted by Crippen LogP contribution is -2.34. The second-order valence-corrected chi connectivity index (χ2v) is 6.81. The van der Waals surface area contributed by atoms with Crippen LogP contribution >= 0.6 is 15.9 Å². The Morgan fingerprint density at radius 2 is 1.95 bits per heavy atom. The number of fused-ring (bicyclic) bond motifs is 1. The summed E-state index contributed by atoms with van der Waals surface area (Å²) in [6.45, 7) is 1.82. The minimum Gasteiger partial charge on any atom is -0.486 e. The molecule has 1 aromatic rings. The van der Waals surface area contributed by atoms with Gasteiger partial charge < -0.3 is 14.8 Å². The van der Waals surface area contributed by atoms with Crippen LogP contribution in [0, 0.1) is 5.92 Å². The van der Waals surface area contributed by atoms with Crippen molar-refractivity contribution in [1.82, 2.24) is 5.32 Å². The third kappa shape index (κ3) is 3.51. The van der Waals surface area contributed by atoms with E-state index in [2.05, 4.69) is 21.2 Å². The smallest absolute Gasteiger partial charge is 0.251 e. The highest BCUT2D eigenvalue weighted by atomic mass is 79.9. The van der Waals surface area contributed by atoms with E-state index < -0.39 is 0 Å². The average molecular weight is 354 g/mol. The Balaban J connectivity index is 1.60. The fourth-order valence-electron chi connectivity index (χ4n) is 2.90. The second kappa shape index (κ2) is 6.69. The van der Waals surface area contributed by atoms with Crippen LogP contribution in [-0.4, -0.2) is 30.5 Å². The molecule has 1 amide bonds. The number of alkyl halides is 1. The lowest BCUT2D eigenvalue weighted by Gasteiger charge is -2.27. The molecule has 1 N–H and O–H groups in total. The second-order valence-electron chi connectivity index (χ2n) is 5.63. The molecule has 5 heteroatoms. The third-order valence-corrected chi connectivity index (χ3v) is 5.35. The van der Waals surface area contributed by atoms with Gasteiger partial charge in [-0.05, 0) is 37.0 Å². The summed E-state index contributed by atoms with van der Waals surface area (Å²) < 4.78 is 11.0. The highest BCUT2D eigenvalue weighted by Gasteiger charge is 2.23. The quantitative estimate of drug-likeness (QED) is 0.849. The fourth-order valence-corrected chi connectivity index (χ4v) is 3.68. The van der Waals surface area contributed by atoms with Crippen molar-refractivity contribution in [3.63, 3.8) is 0 Å². The van der Waals surface area contributed by atoms with E-state index in [0.717, 1.165) is 6.54 Å². The molecule has 1 aromatic carbocycles. The molecule has 1 aliphatic heterocycles. The normalized spacial score (nSPS) is 24.4. The van der Waals surface area contributed by atoms with Gasteiger partial charge in [-0.1, -0.05) is 28.8 Å². The number of rotatable bonds is 3. The molecule has 2 aliphatic rings. The van der Waals surface area contributed by atoms with Gasteiger partial charge in [0, 0.05) is 16.9 Å². The molecule has 2 unspecified atom stereocenters. The number of hydrogen-bond acceptors (Lipinski definition) is 3. The standard InChI is InChI=1S/C16H20BrNO3/c17-13-4-2-1-3-12(13)10-18-16(19)11-5-6-14-15(9-11)21-8-7-20-14/h5-6,9,12-13H,1-4,7-8,10H2,(H,18,19). The van der Waals surface area contributed by atoms with Gasteiger partial charge >= 0.3 is 0 Å². The molecule has 114 valence electrons. The van der Waals surface area contributed by atoms with Gasteiger partial charge in [0.05, 0.1) is 0 Å². The van der Waals surface area contributed by atoms with Crippen molar-refractivity contribution >= 4 is 21.8 Å². The lowest BCUT2D eigenvalue weighted by atomic mass is 9.89. The Kier molecular flexibility index (Phi) is 4.68. The van der Waals surface area contributed by atoms with Crippen LogP contribution in [0.5, 0.6) is 11.5 Å². The molecule has 1 saturated carbocycles. The highest BCUT2D eigenvalue weighted by Crippen LogP contribution is 2.31. The van der Waals surface area contributed by atoms with E-state index in [1.165, 1.54) is 25.7 Å². The van der Waals surface area contributed by atoms with Crippen LogP contribution in [0.15, 0.2) is 18.2 Å². The van der Waals surface area contributed by atoms with Gasteiger partial charge in [-0.3, -0.25) is 4.79 Å². The highest BCUT2D eigenvalue weighted by molar-refractivity contribution is 9.09. The molecule has 3 rings (SSSR count). The number of ether oxygens (including phenoxy) is 2. The maximum absolute atomic E-state index is 12.3. The molecule has 1 heterocycles. The monoisotopic (exact) mass is 353 g/mol. The zero-order valence-corrected chi connectivity index (χ0v) is 13.5. The SMILES string of the molecule is O=C(NCC1CCCCC1Br)c1ccc2c(c1)OCCO2. The largest absolute Gasteiger partial charge is 0.486 e. The molecule has 0 radical (unpaired) electrons. The van der Waals surface area contributed by atoms with Crippen molar-refractivity contribution in [2.24, 2.45) is 5.92 Å². The third-order valence-electron chi connectivity index (χ3n) is 4.15. The number of amides is 1. The van der Waals surface area contributed by atoms with Gasteiger partial charge in [0.15, 0.2) is 11.5 Å². The average Bonchev–Trinajstić information content (AvgIpc) is 2.53. The van der Waals surface area contributed by atoms with Crippen LogP contribution in [0.2, 0.25) is 0 Å². The van der Waals surface area contributed by atoms with E-state index in [0.29, 0.717) is 41.0 Å². The lowest BCUT2D eigenvalue weighted by molar-refractivity contribution is 0.0943. The van der Waals surface area contributed by atoms with Crippen LogP contribution in [0.4, 0.5) is 0 Å². The first-order valence-electron chi connectivity index (χ1n) is 7.56. The van der Waals surface area contributed by atoms with E-state index in [9.17, 15) is 4.79 Å². The van der Waals surface area contributed by atoms with E-state index in [4.69, 9.17) is 9.47 Å². The van der Waals surface area contributed by atoms with Crippen LogP contribution in [0.1, 0.15) is 36.0 Å². The molecule has 21 heavy (non-hydrogen) atoms. The van der Waals surface area contributed by atoms with E-state index >= 15 is 0 Å². The maximum Gasteiger partial charge on any atom is 0.251 e. The summed E-state index contributed by atoms with van der Waals surface area (Å²) in [7, 11) is 0. The Labute approximate surface area is 133 Å². The molecule has 1 aliphatic carbocycles. The predicted octanol–water partition coefficient (Wildman–Crippen LogP) is 3.14. The van der Waals surface area contributed by atoms with Crippen LogP contribution < -0.4 is 14.8 Å². The van der Waals surface area contributed by atoms with Gasteiger partial charge in [0.25, 0.3) is 5.91 Å². The van der Waals surface area contributed by atoms with Crippen LogP contribution in [-0.2, 0) is 0 Å². The zero-order chi connectivity index (χ0) is 14.7. The van der Waals surface area contributed by atoms with Crippen molar-refractivity contribution in [3.8, 4) is 11.5 Å². The molecule has 4 nitrogen and oxygen atoms in total. The van der Waals surface area contributed by atoms with Crippen molar-refractivity contribution < 1.29 is 14.3 Å². The Hall–Kier alpha value is -1.23. The fraction of sp³-hybridized carbons (Fsp3) is 0.562. The molecule has 0 saturated heterocycles. The summed E-state index contributed by atoms with van der Waals surface area (Å²) in [5.41, 5.74) is 0.626. The molecule has 0 bridgehead atoms. The van der Waals surface area contributed by atoms with Gasteiger partial charge in [-0.25, -0.2) is 0 Å². The first-order chi connectivity index (χ1) is 10.2. The van der Waals surface area contributed by atoms with Crippen molar-refractivity contribution in [1.29, 1.82) is 0 Å². The molecular weight excluding hydrogens is 334 g/mol. The summed E-state index contributed by atoms with van der Waals surface area (Å²) >= 11 is 3.72. The summed E-state index contributed by atoms with van der Waals surface area (Å²) in [5.74, 6) is 1.85. The summed E-state index contributed by atoms with van der Waals surface area (Å²) in [6.07, 6.45) is 4.91. The zero-order valence-electron chi connectivity index (χ0n) is 11.9. The number of benzene rings is 1. The molecular formula is C16H20BrNO3. The van der Waals surface area contributed by atoms with Crippen molar-refractivity contribution in [3.05, 3.63) is 23.8 Å². The molecule has 0 spiro atoms. The van der Waals surface area contributed by atoms with Crippen molar-refractivity contribution in [2.45, 2.75) is 30.5 Å². The maximum atomic E-state index is 12.3. The molecule has 0 aromatic heterocycles. The first kappa shape index (κ1) is 14.7. The number of nitrogens with one attached hydrogen (secondary N) is 1. The number of hydrogen-bond donors (Lipinski definition) is 1. The summed E-state index contributed by atoms with van der Waals surface area (Å²) in [5, 5.41) is 3.04. The van der Waals surface area contributed by atoms with Gasteiger partial charge in [0.2, 0.25) is 0 Å². The minimum atomic E-state index is -0.0442. The van der Waals surface area contributed by atoms with Crippen molar-refractivity contribution in [2.75, 3.05) is 19.8 Å².